The third kappa shape index (κ3) is 3.25. The van der Waals surface area contributed by atoms with Crippen LogP contribution in [0.15, 0.2) is 26.5 Å². The number of nitrogens with zero attached hydrogens (tertiary/aromatic N) is 2. The van der Waals surface area contributed by atoms with E-state index in [-0.39, 0.29) is 10.7 Å². The third-order valence-corrected chi connectivity index (χ3v) is 4.96. The Morgan fingerprint density at radius 2 is 2.23 bits per heavy atom. The molecule has 2 aromatic heterocycles. The molecule has 9 heteroatoms. The van der Waals surface area contributed by atoms with Crippen molar-refractivity contribution in [3.05, 3.63) is 43.3 Å². The Kier molecular flexibility index (Phi) is 4.12. The van der Waals surface area contributed by atoms with Crippen LogP contribution in [0.3, 0.4) is 0 Å². The van der Waals surface area contributed by atoms with Gasteiger partial charge in [0.15, 0.2) is 3.77 Å². The first-order valence-corrected chi connectivity index (χ1v) is 9.58. The second-order valence-electron chi connectivity index (χ2n) is 5.23. The summed E-state index contributed by atoms with van der Waals surface area (Å²) in [6, 6.07) is 3.80. The van der Waals surface area contributed by atoms with Gasteiger partial charge in [-0.15, -0.1) is 0 Å². The van der Waals surface area contributed by atoms with Gasteiger partial charge in [0.05, 0.1) is 17.8 Å². The maximum Gasteiger partial charge on any atom is 0.256 e. The molecular weight excluding hydrogens is 421 g/mol. The Morgan fingerprint density at radius 3 is 2.86 bits per heavy atom. The second kappa shape index (κ2) is 5.78. The summed E-state index contributed by atoms with van der Waals surface area (Å²) in [6.45, 7) is 1.73. The van der Waals surface area contributed by atoms with Crippen molar-refractivity contribution in [2.45, 2.75) is 24.7 Å². The fourth-order valence-electron chi connectivity index (χ4n) is 2.43. The van der Waals surface area contributed by atoms with Crippen molar-refractivity contribution in [2.75, 3.05) is 12.8 Å². The number of nitrogens with one attached hydrogen (secondary N) is 1. The normalized spacial score (nSPS) is 15.7. The smallest absolute Gasteiger partial charge is 0.256 e. The van der Waals surface area contributed by atoms with Gasteiger partial charge in [-0.3, -0.25) is 14.7 Å². The van der Waals surface area contributed by atoms with Gasteiger partial charge in [-0.2, -0.15) is 0 Å². The Bertz CT molecular complexity index is 872. The monoisotopic (exact) mass is 435 g/mol. The summed E-state index contributed by atoms with van der Waals surface area (Å²) in [5.74, 6) is 0.838. The first kappa shape index (κ1) is 15.7. The van der Waals surface area contributed by atoms with Gasteiger partial charge in [-0.05, 0) is 34.7 Å². The van der Waals surface area contributed by atoms with Gasteiger partial charge in [-0.1, -0.05) is 0 Å². The van der Waals surface area contributed by atoms with Gasteiger partial charge in [0, 0.05) is 25.8 Å². The topological polar surface area (TPSA) is 96.3 Å². The van der Waals surface area contributed by atoms with Crippen molar-refractivity contribution >= 4 is 32.4 Å². The average Bonchev–Trinajstić information content (AvgIpc) is 2.83. The Balaban J connectivity index is 1.86. The van der Waals surface area contributed by atoms with Crippen molar-refractivity contribution in [3.8, 4) is 0 Å². The largest absolute Gasteiger partial charge is 0.454 e. The predicted molar refractivity (Wildman–Crippen MR) is 87.2 cm³/mol. The van der Waals surface area contributed by atoms with Crippen LogP contribution in [0, 0.1) is 3.77 Å². The van der Waals surface area contributed by atoms with Crippen LogP contribution in [0.1, 0.15) is 17.0 Å². The first-order valence-electron chi connectivity index (χ1n) is 6.61. The number of sulfone groups is 1. The highest BCUT2D eigenvalue weighted by Gasteiger charge is 2.24. The number of halogens is 1. The van der Waals surface area contributed by atoms with Crippen LogP contribution in [0.5, 0.6) is 0 Å². The van der Waals surface area contributed by atoms with E-state index in [0.29, 0.717) is 37.3 Å². The zero-order valence-electron chi connectivity index (χ0n) is 11.8. The molecule has 1 N–H and O–H groups in total. The van der Waals surface area contributed by atoms with Crippen LogP contribution >= 0.6 is 22.6 Å². The Hall–Kier alpha value is -1.20. The molecule has 0 aromatic carbocycles. The molecule has 0 spiro atoms. The summed E-state index contributed by atoms with van der Waals surface area (Å²) in [5, 5.41) is -0.259. The standard InChI is InChI=1S/C13H14IN3O4S/c1-22(19,20)13-15-10-4-5-17(7-9(10)12(18)16-13)6-8-2-3-11(14)21-8/h2-3H,4-7H2,1H3,(H,15,16,18). The van der Waals surface area contributed by atoms with Crippen molar-refractivity contribution < 1.29 is 12.8 Å². The fourth-order valence-corrected chi connectivity index (χ4v) is 3.44. The second-order valence-corrected chi connectivity index (χ2v) is 8.23. The molecule has 0 atom stereocenters. The number of aromatic amines is 1. The summed E-state index contributed by atoms with van der Waals surface area (Å²) in [7, 11) is -3.51. The molecule has 0 amide bonds. The van der Waals surface area contributed by atoms with Crippen LogP contribution < -0.4 is 5.56 Å². The molecule has 1 aliphatic heterocycles. The maximum atomic E-state index is 12.1. The van der Waals surface area contributed by atoms with Crippen molar-refractivity contribution in [1.29, 1.82) is 0 Å². The van der Waals surface area contributed by atoms with E-state index in [1.165, 1.54) is 0 Å². The van der Waals surface area contributed by atoms with Gasteiger partial charge >= 0.3 is 0 Å². The van der Waals surface area contributed by atoms with E-state index in [4.69, 9.17) is 4.42 Å². The van der Waals surface area contributed by atoms with Gasteiger partial charge in [-0.25, -0.2) is 13.4 Å². The Morgan fingerprint density at radius 1 is 1.45 bits per heavy atom. The lowest BCUT2D eigenvalue weighted by Crippen LogP contribution is -2.36. The summed E-state index contributed by atoms with van der Waals surface area (Å²) >= 11 is 2.10. The Labute approximate surface area is 140 Å². The van der Waals surface area contributed by atoms with Crippen LogP contribution in [-0.4, -0.2) is 36.1 Å². The lowest BCUT2D eigenvalue weighted by Gasteiger charge is -2.26. The average molecular weight is 435 g/mol. The van der Waals surface area contributed by atoms with Crippen LogP contribution in [0.25, 0.3) is 0 Å². The van der Waals surface area contributed by atoms with E-state index < -0.39 is 9.84 Å². The number of fused-ring (bicyclic) bond motifs is 1. The highest BCUT2D eigenvalue weighted by molar-refractivity contribution is 14.1. The quantitative estimate of drug-likeness (QED) is 0.570. The molecule has 7 nitrogen and oxygen atoms in total. The summed E-state index contributed by atoms with van der Waals surface area (Å²) in [6.07, 6.45) is 1.57. The third-order valence-electron chi connectivity index (χ3n) is 3.49. The minimum atomic E-state index is -3.51. The summed E-state index contributed by atoms with van der Waals surface area (Å²) in [4.78, 5) is 20.7. The van der Waals surface area contributed by atoms with Crippen LogP contribution in [0.2, 0.25) is 0 Å². The van der Waals surface area contributed by atoms with E-state index in [1.807, 2.05) is 12.1 Å². The number of furan rings is 1. The highest BCUT2D eigenvalue weighted by atomic mass is 127. The summed E-state index contributed by atoms with van der Waals surface area (Å²) < 4.78 is 29.4. The molecule has 2 aromatic rings. The van der Waals surface area contributed by atoms with Crippen molar-refractivity contribution in [1.82, 2.24) is 14.9 Å². The molecule has 0 aliphatic carbocycles. The lowest BCUT2D eigenvalue weighted by molar-refractivity contribution is 0.220. The number of hydrogen-bond donors (Lipinski definition) is 1. The molecule has 0 bridgehead atoms. The maximum absolute atomic E-state index is 12.1. The number of H-pyrrole nitrogens is 1. The predicted octanol–water partition coefficient (Wildman–Crippen LogP) is 0.929. The molecule has 0 saturated carbocycles. The molecule has 1 aliphatic rings. The zero-order chi connectivity index (χ0) is 15.9. The van der Waals surface area contributed by atoms with Crippen molar-refractivity contribution in [3.63, 3.8) is 0 Å². The fraction of sp³-hybridized carbons (Fsp3) is 0.385. The van der Waals surface area contributed by atoms with Crippen LogP contribution in [-0.2, 0) is 29.3 Å². The minimum Gasteiger partial charge on any atom is -0.454 e. The van der Waals surface area contributed by atoms with E-state index in [2.05, 4.69) is 37.5 Å². The minimum absolute atomic E-state index is 0.259. The van der Waals surface area contributed by atoms with Gasteiger partial charge < -0.3 is 4.42 Å². The molecule has 0 unspecified atom stereocenters. The van der Waals surface area contributed by atoms with E-state index in [1.54, 1.807) is 0 Å². The molecule has 0 fully saturated rings. The van der Waals surface area contributed by atoms with E-state index >= 15 is 0 Å². The molecule has 0 saturated heterocycles. The SMILES string of the molecule is CS(=O)(=O)c1nc2c(c(=O)[nH]1)CN(Cc1ccc(I)o1)CC2. The first-order chi connectivity index (χ1) is 10.3. The number of rotatable bonds is 3. The van der Waals surface area contributed by atoms with Gasteiger partial charge in [0.25, 0.3) is 5.56 Å². The molecule has 3 rings (SSSR count). The van der Waals surface area contributed by atoms with Gasteiger partial charge in [0.2, 0.25) is 15.0 Å². The van der Waals surface area contributed by atoms with Crippen LogP contribution in [0.4, 0.5) is 0 Å². The number of aromatic nitrogens is 2. The van der Waals surface area contributed by atoms with Gasteiger partial charge in [0.1, 0.15) is 5.76 Å². The highest BCUT2D eigenvalue weighted by Crippen LogP contribution is 2.19. The van der Waals surface area contributed by atoms with Crippen molar-refractivity contribution in [2.24, 2.45) is 0 Å². The molecule has 0 radical (unpaired) electrons. The zero-order valence-corrected chi connectivity index (χ0v) is 14.8. The lowest BCUT2D eigenvalue weighted by atomic mass is 10.1. The molecule has 118 valence electrons. The van der Waals surface area contributed by atoms with E-state index in [9.17, 15) is 13.2 Å². The summed E-state index contributed by atoms with van der Waals surface area (Å²) in [5.41, 5.74) is 0.707. The number of hydrogen-bond acceptors (Lipinski definition) is 6. The molecular formula is C13H14IN3O4S. The molecule has 3 heterocycles. The van der Waals surface area contributed by atoms with E-state index in [0.717, 1.165) is 15.8 Å². The molecule has 22 heavy (non-hydrogen) atoms.